The molecule has 0 saturated heterocycles. The molecule has 0 amide bonds. The monoisotopic (exact) mass is 443 g/mol. The van der Waals surface area contributed by atoms with Crippen molar-refractivity contribution in [1.29, 1.82) is 0 Å². The van der Waals surface area contributed by atoms with E-state index < -0.39 is 23.8 Å². The van der Waals surface area contributed by atoms with Crippen LogP contribution in [0.3, 0.4) is 0 Å². The lowest BCUT2D eigenvalue weighted by Gasteiger charge is -2.37. The van der Waals surface area contributed by atoms with Gasteiger partial charge >= 0.3 is 12.1 Å². The van der Waals surface area contributed by atoms with E-state index in [0.29, 0.717) is 28.8 Å². The number of benzene rings is 1. The molecule has 176 valence electrons. The number of para-hydroxylation sites is 1. The van der Waals surface area contributed by atoms with Gasteiger partial charge in [-0.25, -0.2) is 9.59 Å². The smallest absolute Gasteiger partial charge is 0.419 e. The van der Waals surface area contributed by atoms with Crippen molar-refractivity contribution in [1.82, 2.24) is 4.57 Å². The molecule has 4 atom stereocenters. The number of ether oxygens (including phenoxy) is 3. The zero-order chi connectivity index (χ0) is 23.6. The minimum atomic E-state index is -0.923. The van der Waals surface area contributed by atoms with Crippen LogP contribution in [0.25, 0.3) is 10.9 Å². The van der Waals surface area contributed by atoms with E-state index in [0.717, 1.165) is 24.6 Å². The van der Waals surface area contributed by atoms with Crippen LogP contribution in [0.1, 0.15) is 72.5 Å². The summed E-state index contributed by atoms with van der Waals surface area (Å²) in [5, 5.41) is 0.764. The summed E-state index contributed by atoms with van der Waals surface area (Å²) in [5.74, 6) is 0.897. The summed E-state index contributed by atoms with van der Waals surface area (Å²) in [6.45, 7) is 12.0. The lowest BCUT2D eigenvalue weighted by Crippen LogP contribution is -2.37. The summed E-state index contributed by atoms with van der Waals surface area (Å²) in [4.78, 5) is 26.1. The Bertz CT molecular complexity index is 955. The Morgan fingerprint density at radius 3 is 2.44 bits per heavy atom. The number of nitrogens with zero attached hydrogens (tertiary/aromatic N) is 1. The van der Waals surface area contributed by atoms with Crippen molar-refractivity contribution in [2.24, 2.45) is 17.8 Å². The Balaban J connectivity index is 1.92. The highest BCUT2D eigenvalue weighted by Gasteiger charge is 2.36. The average Bonchev–Trinajstić information content (AvgIpc) is 3.07. The third-order valence-corrected chi connectivity index (χ3v) is 6.29. The fourth-order valence-corrected chi connectivity index (χ4v) is 4.69. The molecule has 0 aliphatic heterocycles. The zero-order valence-electron chi connectivity index (χ0n) is 20.4. The molecule has 0 N–H and O–H groups in total. The second kappa shape index (κ2) is 9.65. The number of hydrogen-bond acceptors (Lipinski definition) is 5. The number of fused-ring (bicyclic) bond motifs is 1. The van der Waals surface area contributed by atoms with Crippen molar-refractivity contribution in [3.8, 4) is 0 Å². The van der Waals surface area contributed by atoms with E-state index in [1.165, 1.54) is 11.7 Å². The number of aromatic nitrogens is 1. The molecule has 1 aromatic heterocycles. The maximum atomic E-state index is 13.3. The minimum absolute atomic E-state index is 0.122. The van der Waals surface area contributed by atoms with E-state index in [4.69, 9.17) is 14.2 Å². The van der Waals surface area contributed by atoms with Crippen LogP contribution in [0.2, 0.25) is 0 Å². The van der Waals surface area contributed by atoms with E-state index in [9.17, 15) is 9.59 Å². The highest BCUT2D eigenvalue weighted by Crippen LogP contribution is 2.37. The van der Waals surface area contributed by atoms with Crippen LogP contribution in [-0.2, 0) is 19.0 Å². The Kier molecular flexibility index (Phi) is 7.33. The van der Waals surface area contributed by atoms with Crippen LogP contribution < -0.4 is 0 Å². The molecule has 32 heavy (non-hydrogen) atoms. The summed E-state index contributed by atoms with van der Waals surface area (Å²) >= 11 is 0. The fourth-order valence-electron chi connectivity index (χ4n) is 4.69. The number of rotatable bonds is 5. The molecule has 0 bridgehead atoms. The summed E-state index contributed by atoms with van der Waals surface area (Å²) in [7, 11) is 1.49. The maximum Gasteiger partial charge on any atom is 0.419 e. The largest absolute Gasteiger partial charge is 0.460 e. The van der Waals surface area contributed by atoms with E-state index in [2.05, 4.69) is 20.8 Å². The first kappa shape index (κ1) is 24.3. The van der Waals surface area contributed by atoms with Crippen LogP contribution >= 0.6 is 0 Å². The van der Waals surface area contributed by atoms with Crippen LogP contribution in [0, 0.1) is 17.8 Å². The van der Waals surface area contributed by atoms with Gasteiger partial charge in [0.25, 0.3) is 0 Å². The van der Waals surface area contributed by atoms with Crippen LogP contribution in [0.15, 0.2) is 30.5 Å². The van der Waals surface area contributed by atoms with Gasteiger partial charge in [-0.3, -0.25) is 4.57 Å². The standard InChI is InChI=1S/C26H37NO5/c1-16(2)18-13-12-17(3)14-22(18)31-24(28)23(30-7)20-15-27(25(29)32-26(4,5)6)21-11-9-8-10-19(20)21/h8-11,15-18,22-23H,12-14H2,1-7H3/t17-,18+,22-,23+/m1/s1. The first-order valence-electron chi connectivity index (χ1n) is 11.6. The maximum absolute atomic E-state index is 13.3. The van der Waals surface area contributed by atoms with Gasteiger partial charge < -0.3 is 14.2 Å². The number of hydrogen-bond donors (Lipinski definition) is 0. The number of carbonyl (C=O) groups is 2. The van der Waals surface area contributed by atoms with Gasteiger partial charge in [-0.15, -0.1) is 0 Å². The minimum Gasteiger partial charge on any atom is -0.460 e. The summed E-state index contributed by atoms with van der Waals surface area (Å²) in [6, 6.07) is 7.44. The molecule has 6 heteroatoms. The lowest BCUT2D eigenvalue weighted by molar-refractivity contribution is -0.168. The number of methoxy groups -OCH3 is 1. The molecule has 0 radical (unpaired) electrons. The SMILES string of the molecule is CO[C@H](C(=O)O[C@@H]1C[C@H](C)CC[C@H]1C(C)C)c1cn(C(=O)OC(C)(C)C)c2ccccc12. The predicted octanol–water partition coefficient (Wildman–Crippen LogP) is 6.12. The van der Waals surface area contributed by atoms with Gasteiger partial charge in [0.1, 0.15) is 11.7 Å². The molecule has 3 rings (SSSR count). The molecule has 6 nitrogen and oxygen atoms in total. The zero-order valence-corrected chi connectivity index (χ0v) is 20.4. The summed E-state index contributed by atoms with van der Waals surface area (Å²) in [6.07, 6.45) is 3.18. The molecule has 1 aliphatic rings. The van der Waals surface area contributed by atoms with Crippen molar-refractivity contribution in [3.05, 3.63) is 36.0 Å². The Hall–Kier alpha value is -2.34. The van der Waals surface area contributed by atoms with Crippen molar-refractivity contribution in [2.75, 3.05) is 7.11 Å². The quantitative estimate of drug-likeness (QED) is 0.521. The molecular formula is C26H37NO5. The van der Waals surface area contributed by atoms with Gasteiger partial charge in [0.15, 0.2) is 6.10 Å². The topological polar surface area (TPSA) is 66.8 Å². The van der Waals surface area contributed by atoms with Gasteiger partial charge in [0.2, 0.25) is 0 Å². The van der Waals surface area contributed by atoms with Crippen molar-refractivity contribution in [2.45, 2.75) is 78.6 Å². The number of esters is 1. The number of carbonyl (C=O) groups excluding carboxylic acids is 2. The van der Waals surface area contributed by atoms with Crippen molar-refractivity contribution in [3.63, 3.8) is 0 Å². The predicted molar refractivity (Wildman–Crippen MR) is 125 cm³/mol. The fraction of sp³-hybridized carbons (Fsp3) is 0.615. The van der Waals surface area contributed by atoms with Gasteiger partial charge in [0.05, 0.1) is 5.52 Å². The molecule has 1 fully saturated rings. The van der Waals surface area contributed by atoms with Crippen molar-refractivity contribution < 1.29 is 23.8 Å². The van der Waals surface area contributed by atoms with Gasteiger partial charge in [-0.2, -0.15) is 0 Å². The van der Waals surface area contributed by atoms with E-state index in [-0.39, 0.29) is 6.10 Å². The van der Waals surface area contributed by atoms with Crippen LogP contribution in [0.5, 0.6) is 0 Å². The van der Waals surface area contributed by atoms with Crippen molar-refractivity contribution >= 4 is 23.0 Å². The highest BCUT2D eigenvalue weighted by molar-refractivity contribution is 5.95. The van der Waals surface area contributed by atoms with Crippen LogP contribution in [-0.4, -0.2) is 35.4 Å². The molecule has 1 heterocycles. The first-order chi connectivity index (χ1) is 15.0. The second-order valence-electron chi connectivity index (χ2n) is 10.4. The van der Waals surface area contributed by atoms with Crippen LogP contribution in [0.4, 0.5) is 4.79 Å². The molecule has 1 aliphatic carbocycles. The summed E-state index contributed by atoms with van der Waals surface area (Å²) in [5.41, 5.74) is 0.632. The van der Waals surface area contributed by atoms with E-state index in [1.807, 2.05) is 45.0 Å². The Labute approximate surface area is 191 Å². The molecule has 0 unspecified atom stereocenters. The third-order valence-electron chi connectivity index (χ3n) is 6.29. The Morgan fingerprint density at radius 2 is 1.81 bits per heavy atom. The lowest BCUT2D eigenvalue weighted by atomic mass is 9.75. The molecular weight excluding hydrogens is 406 g/mol. The van der Waals surface area contributed by atoms with Gasteiger partial charge in [-0.1, -0.05) is 45.4 Å². The third kappa shape index (κ3) is 5.34. The van der Waals surface area contributed by atoms with E-state index in [1.54, 1.807) is 6.20 Å². The molecule has 0 spiro atoms. The van der Waals surface area contributed by atoms with E-state index >= 15 is 0 Å². The second-order valence-corrected chi connectivity index (χ2v) is 10.4. The molecule has 1 aromatic carbocycles. The normalized spacial score (nSPS) is 22.7. The molecule has 1 saturated carbocycles. The van der Waals surface area contributed by atoms with Gasteiger partial charge in [0, 0.05) is 24.3 Å². The first-order valence-corrected chi connectivity index (χ1v) is 11.6. The Morgan fingerprint density at radius 1 is 1.12 bits per heavy atom. The average molecular weight is 444 g/mol. The summed E-state index contributed by atoms with van der Waals surface area (Å²) < 4.78 is 18.7. The van der Waals surface area contributed by atoms with Gasteiger partial charge in [-0.05, 0) is 57.4 Å². The highest BCUT2D eigenvalue weighted by atomic mass is 16.6. The molecule has 2 aromatic rings.